The SMILES string of the molecule is COC(=O)c1ccc(C2=CC[C@@]3(C)C(CC[C@@]4(C)C5CC[C@@]6(NCCNCC(CN)CS)CCC[C@@H]6[C@H]5CCC43)C2(C)C)cc1. The van der Waals surface area contributed by atoms with E-state index >= 15 is 0 Å². The fourth-order valence-corrected chi connectivity index (χ4v) is 12.7. The van der Waals surface area contributed by atoms with Gasteiger partial charge in [0.15, 0.2) is 0 Å². The lowest BCUT2D eigenvalue weighted by molar-refractivity contribution is -0.172. The summed E-state index contributed by atoms with van der Waals surface area (Å²) in [4.78, 5) is 12.1. The van der Waals surface area contributed by atoms with Gasteiger partial charge < -0.3 is 21.1 Å². The summed E-state index contributed by atoms with van der Waals surface area (Å²) in [6.07, 6.45) is 16.2. The minimum atomic E-state index is -0.264. The van der Waals surface area contributed by atoms with E-state index < -0.39 is 0 Å². The van der Waals surface area contributed by atoms with Gasteiger partial charge in [-0.2, -0.15) is 12.6 Å². The van der Waals surface area contributed by atoms with Gasteiger partial charge >= 0.3 is 5.97 Å². The highest BCUT2D eigenvalue weighted by Gasteiger charge is 2.65. The second-order valence-corrected chi connectivity index (χ2v) is 17.1. The number of nitrogens with one attached hydrogen (secondary N) is 2. The number of methoxy groups -OCH3 is 1. The molecule has 5 nitrogen and oxygen atoms in total. The largest absolute Gasteiger partial charge is 0.465 e. The average molecular weight is 636 g/mol. The van der Waals surface area contributed by atoms with Crippen molar-refractivity contribution in [1.82, 2.24) is 10.6 Å². The number of benzene rings is 1. The van der Waals surface area contributed by atoms with Crippen LogP contribution in [0.5, 0.6) is 0 Å². The lowest BCUT2D eigenvalue weighted by atomic mass is 9.37. The van der Waals surface area contributed by atoms with Crippen LogP contribution in [0.15, 0.2) is 30.3 Å². The molecule has 0 saturated heterocycles. The van der Waals surface area contributed by atoms with Crippen molar-refractivity contribution >= 4 is 24.2 Å². The van der Waals surface area contributed by atoms with E-state index in [-0.39, 0.29) is 11.4 Å². The summed E-state index contributed by atoms with van der Waals surface area (Å²) in [5.41, 5.74) is 10.5. The average Bonchev–Trinajstić information content (AvgIpc) is 3.47. The van der Waals surface area contributed by atoms with Crippen molar-refractivity contribution in [2.75, 3.05) is 39.0 Å². The number of rotatable bonds is 10. The Hall–Kier alpha value is -1.34. The van der Waals surface area contributed by atoms with Crippen LogP contribution in [0.1, 0.15) is 108 Å². The molecule has 4 saturated carbocycles. The van der Waals surface area contributed by atoms with Crippen LogP contribution in [-0.4, -0.2) is 50.5 Å². The predicted molar refractivity (Wildman–Crippen MR) is 189 cm³/mol. The van der Waals surface area contributed by atoms with Crippen LogP contribution in [0, 0.1) is 51.8 Å². The first kappa shape index (κ1) is 33.6. The molecule has 4 unspecified atom stereocenters. The lowest BCUT2D eigenvalue weighted by Crippen LogP contribution is -2.63. The number of carbonyl (C=O) groups excluding carboxylic acids is 1. The zero-order valence-corrected chi connectivity index (χ0v) is 29.7. The van der Waals surface area contributed by atoms with Crippen molar-refractivity contribution < 1.29 is 9.53 Å². The third-order valence-electron chi connectivity index (χ3n) is 14.5. The van der Waals surface area contributed by atoms with Crippen LogP contribution in [0.25, 0.3) is 5.57 Å². The summed E-state index contributed by atoms with van der Waals surface area (Å²) in [6, 6.07) is 8.14. The Balaban J connectivity index is 1.17. The van der Waals surface area contributed by atoms with E-state index in [0.29, 0.717) is 40.3 Å². The van der Waals surface area contributed by atoms with Gasteiger partial charge in [0.25, 0.3) is 0 Å². The Morgan fingerprint density at radius 2 is 1.73 bits per heavy atom. The van der Waals surface area contributed by atoms with Gasteiger partial charge in [0.05, 0.1) is 12.7 Å². The van der Waals surface area contributed by atoms with Gasteiger partial charge in [-0.15, -0.1) is 0 Å². The summed E-state index contributed by atoms with van der Waals surface area (Å²) in [5, 5.41) is 7.82. The van der Waals surface area contributed by atoms with Gasteiger partial charge in [-0.25, -0.2) is 4.79 Å². The van der Waals surface area contributed by atoms with E-state index in [0.717, 1.165) is 49.1 Å². The predicted octanol–water partition coefficient (Wildman–Crippen LogP) is 7.37. The molecule has 4 fully saturated rings. The van der Waals surface area contributed by atoms with Crippen molar-refractivity contribution in [3.05, 3.63) is 41.5 Å². The fourth-order valence-electron chi connectivity index (χ4n) is 12.5. The summed E-state index contributed by atoms with van der Waals surface area (Å²) in [6.45, 7) is 14.2. The molecule has 0 amide bonds. The zero-order valence-electron chi connectivity index (χ0n) is 28.8. The maximum absolute atomic E-state index is 12.1. The number of ether oxygens (including phenoxy) is 1. The van der Waals surface area contributed by atoms with E-state index in [1.54, 1.807) is 0 Å². The van der Waals surface area contributed by atoms with Crippen LogP contribution in [0.4, 0.5) is 0 Å². The first-order valence-electron chi connectivity index (χ1n) is 18.2. The normalized spacial score (nSPS) is 39.1. The molecule has 5 aliphatic carbocycles. The van der Waals surface area contributed by atoms with Crippen molar-refractivity contribution in [1.29, 1.82) is 0 Å². The molecule has 1 aromatic carbocycles. The molecule has 0 radical (unpaired) electrons. The van der Waals surface area contributed by atoms with Crippen molar-refractivity contribution in [3.8, 4) is 0 Å². The van der Waals surface area contributed by atoms with Gasteiger partial charge in [0, 0.05) is 18.6 Å². The van der Waals surface area contributed by atoms with Crippen molar-refractivity contribution in [3.63, 3.8) is 0 Å². The Labute approximate surface area is 279 Å². The zero-order chi connectivity index (χ0) is 32.0. The van der Waals surface area contributed by atoms with Crippen LogP contribution in [0.2, 0.25) is 0 Å². The molecule has 4 N–H and O–H groups in total. The van der Waals surface area contributed by atoms with Gasteiger partial charge in [-0.05, 0) is 152 Å². The number of hydrogen-bond acceptors (Lipinski definition) is 6. The molecule has 6 rings (SSSR count). The number of esters is 1. The molecule has 45 heavy (non-hydrogen) atoms. The standard InChI is InChI=1S/C39H61N3O2S/c1-36(2)30(27-8-10-28(11-9-27)35(43)44-5)14-18-38(4)33(36)16-19-37(3)31-15-20-39(42-22-21-41-24-26(23-40)25-45)17-6-7-32(39)29(31)12-13-34(37)38/h8-11,14,26,29,31-34,41-42,45H,6-7,12-13,15-25,40H2,1-5H3/t26?,29-,31?,32+,33?,34?,37-,38-,39-/m0/s1. The molecule has 0 aliphatic heterocycles. The van der Waals surface area contributed by atoms with Crippen molar-refractivity contribution in [2.24, 2.45) is 57.5 Å². The monoisotopic (exact) mass is 635 g/mol. The molecular formula is C39H61N3O2S. The Morgan fingerprint density at radius 3 is 2.44 bits per heavy atom. The summed E-state index contributed by atoms with van der Waals surface area (Å²) >= 11 is 4.45. The maximum atomic E-state index is 12.1. The van der Waals surface area contributed by atoms with Gasteiger partial charge in [0.2, 0.25) is 0 Å². The molecular weight excluding hydrogens is 575 g/mol. The van der Waals surface area contributed by atoms with Crippen LogP contribution < -0.4 is 16.4 Å². The van der Waals surface area contributed by atoms with Crippen LogP contribution in [0.3, 0.4) is 0 Å². The van der Waals surface area contributed by atoms with Gasteiger partial charge in [-0.3, -0.25) is 0 Å². The summed E-state index contributed by atoms with van der Waals surface area (Å²) in [5.74, 6) is 5.10. The van der Waals surface area contributed by atoms with Gasteiger partial charge in [0.1, 0.15) is 0 Å². The molecule has 0 aromatic heterocycles. The lowest BCUT2D eigenvalue weighted by Gasteiger charge is -2.68. The molecule has 6 heteroatoms. The van der Waals surface area contributed by atoms with E-state index in [1.807, 2.05) is 12.1 Å². The van der Waals surface area contributed by atoms with E-state index in [1.165, 1.54) is 82.5 Å². The molecule has 0 spiro atoms. The quantitative estimate of drug-likeness (QED) is 0.123. The van der Waals surface area contributed by atoms with E-state index in [9.17, 15) is 4.79 Å². The summed E-state index contributed by atoms with van der Waals surface area (Å²) < 4.78 is 4.95. The van der Waals surface area contributed by atoms with Crippen LogP contribution in [-0.2, 0) is 4.74 Å². The molecule has 1 aromatic rings. The second kappa shape index (κ2) is 12.9. The Bertz CT molecular complexity index is 1240. The van der Waals surface area contributed by atoms with Crippen molar-refractivity contribution in [2.45, 2.75) is 97.4 Å². The topological polar surface area (TPSA) is 76.4 Å². The highest BCUT2D eigenvalue weighted by Crippen LogP contribution is 2.72. The smallest absolute Gasteiger partial charge is 0.337 e. The number of hydrogen-bond donors (Lipinski definition) is 4. The minimum Gasteiger partial charge on any atom is -0.465 e. The number of nitrogens with two attached hydrogens (primary N) is 1. The molecule has 5 aliphatic rings. The Kier molecular flexibility index (Phi) is 9.64. The fraction of sp³-hybridized carbons (Fsp3) is 0.769. The van der Waals surface area contributed by atoms with E-state index in [2.05, 4.69) is 69.2 Å². The molecule has 0 bridgehead atoms. The van der Waals surface area contributed by atoms with Gasteiger partial charge in [-0.1, -0.05) is 52.3 Å². The third kappa shape index (κ3) is 5.66. The number of carbonyl (C=O) groups is 1. The Morgan fingerprint density at radius 1 is 0.956 bits per heavy atom. The molecule has 0 heterocycles. The first-order valence-corrected chi connectivity index (χ1v) is 18.8. The number of thiol groups is 1. The highest BCUT2D eigenvalue weighted by molar-refractivity contribution is 7.80. The molecule has 250 valence electrons. The first-order chi connectivity index (χ1) is 21.5. The third-order valence-corrected chi connectivity index (χ3v) is 15.0. The number of fused-ring (bicyclic) bond motifs is 7. The minimum absolute atomic E-state index is 0.0973. The van der Waals surface area contributed by atoms with E-state index in [4.69, 9.17) is 10.5 Å². The maximum Gasteiger partial charge on any atom is 0.337 e. The highest BCUT2D eigenvalue weighted by atomic mass is 32.1. The second-order valence-electron chi connectivity index (χ2n) is 16.7. The number of allylic oxidation sites excluding steroid dienone is 2. The summed E-state index contributed by atoms with van der Waals surface area (Å²) in [7, 11) is 1.45. The van der Waals surface area contributed by atoms with Crippen LogP contribution >= 0.6 is 12.6 Å². The molecule has 9 atom stereocenters.